The van der Waals surface area contributed by atoms with Gasteiger partial charge in [-0.3, -0.25) is 9.80 Å². The van der Waals surface area contributed by atoms with E-state index in [9.17, 15) is 0 Å². The number of nitrogens with zero attached hydrogens (tertiary/aromatic N) is 3. The van der Waals surface area contributed by atoms with Crippen LogP contribution in [-0.4, -0.2) is 41.1 Å². The lowest BCUT2D eigenvalue weighted by molar-refractivity contribution is 0.121. The number of nitrogens with two attached hydrogens (primary N) is 1. The van der Waals surface area contributed by atoms with E-state index in [0.29, 0.717) is 0 Å². The van der Waals surface area contributed by atoms with E-state index in [1.165, 1.54) is 11.1 Å². The number of anilines is 1. The molecule has 0 radical (unpaired) electrons. The molecule has 5 nitrogen and oxygen atoms in total. The predicted molar refractivity (Wildman–Crippen MR) is 87.4 cm³/mol. The number of aryl methyl sites for hydroxylation is 2. The smallest absolute Gasteiger partial charge is 0.138 e. The fourth-order valence-corrected chi connectivity index (χ4v) is 3.01. The first kappa shape index (κ1) is 15.1. The number of hydrogen-bond donors (Lipinski definition) is 1. The van der Waals surface area contributed by atoms with Gasteiger partial charge >= 0.3 is 0 Å². The lowest BCUT2D eigenvalue weighted by atomic mass is 10.1. The number of hydrogen-bond acceptors (Lipinski definition) is 5. The molecule has 0 saturated carbocycles. The second kappa shape index (κ2) is 6.50. The molecule has 1 aliphatic rings. The average molecular weight is 300 g/mol. The summed E-state index contributed by atoms with van der Waals surface area (Å²) in [6.45, 7) is 10.2. The van der Waals surface area contributed by atoms with Gasteiger partial charge < -0.3 is 10.3 Å². The molecule has 0 amide bonds. The Kier molecular flexibility index (Phi) is 4.45. The highest BCUT2D eigenvalue weighted by molar-refractivity contribution is 5.40. The van der Waals surface area contributed by atoms with Gasteiger partial charge in [-0.05, 0) is 31.5 Å². The Labute approximate surface area is 131 Å². The van der Waals surface area contributed by atoms with Gasteiger partial charge in [0.25, 0.3) is 0 Å². The number of rotatable bonds is 4. The van der Waals surface area contributed by atoms with Crippen LogP contribution in [0.5, 0.6) is 0 Å². The molecule has 5 heteroatoms. The molecule has 1 aromatic carbocycles. The molecule has 1 saturated heterocycles. The largest absolute Gasteiger partial charge is 0.399 e. The first-order valence-corrected chi connectivity index (χ1v) is 7.82. The highest BCUT2D eigenvalue weighted by atomic mass is 16.5. The second-order valence-corrected chi connectivity index (χ2v) is 6.10. The zero-order valence-electron chi connectivity index (χ0n) is 13.4. The van der Waals surface area contributed by atoms with Crippen molar-refractivity contribution in [2.75, 3.05) is 31.9 Å². The zero-order chi connectivity index (χ0) is 15.5. The van der Waals surface area contributed by atoms with Gasteiger partial charge in [0, 0.05) is 50.5 Å². The molecule has 2 N–H and O–H groups in total. The van der Waals surface area contributed by atoms with Crippen molar-refractivity contribution in [3.63, 3.8) is 0 Å². The van der Waals surface area contributed by atoms with Gasteiger partial charge in [-0.15, -0.1) is 0 Å². The van der Waals surface area contributed by atoms with Gasteiger partial charge in [-0.25, -0.2) is 0 Å². The molecule has 1 aromatic heterocycles. The molecule has 22 heavy (non-hydrogen) atoms. The lowest BCUT2D eigenvalue weighted by Gasteiger charge is -2.34. The van der Waals surface area contributed by atoms with Gasteiger partial charge in [0.1, 0.15) is 5.76 Å². The number of nitrogen functional groups attached to an aromatic ring is 1. The minimum atomic E-state index is 0.842. The molecule has 2 aromatic rings. The summed E-state index contributed by atoms with van der Waals surface area (Å²) in [5.41, 5.74) is 10.2. The van der Waals surface area contributed by atoms with Crippen LogP contribution in [0.1, 0.15) is 22.6 Å². The molecule has 0 spiro atoms. The van der Waals surface area contributed by atoms with Crippen LogP contribution in [-0.2, 0) is 13.1 Å². The highest BCUT2D eigenvalue weighted by Gasteiger charge is 2.19. The molecule has 1 aliphatic heterocycles. The van der Waals surface area contributed by atoms with E-state index in [2.05, 4.69) is 27.1 Å². The fraction of sp³-hybridized carbons (Fsp3) is 0.471. The fourth-order valence-electron chi connectivity index (χ4n) is 3.01. The Hall–Kier alpha value is -1.85. The van der Waals surface area contributed by atoms with Crippen molar-refractivity contribution in [1.82, 2.24) is 15.0 Å². The third kappa shape index (κ3) is 3.48. The Morgan fingerprint density at radius 2 is 1.77 bits per heavy atom. The van der Waals surface area contributed by atoms with Crippen molar-refractivity contribution in [3.05, 3.63) is 46.8 Å². The molecule has 0 aliphatic carbocycles. The van der Waals surface area contributed by atoms with E-state index in [1.807, 2.05) is 26.0 Å². The molecule has 0 bridgehead atoms. The number of benzene rings is 1. The highest BCUT2D eigenvalue weighted by Crippen LogP contribution is 2.17. The molecule has 118 valence electrons. The van der Waals surface area contributed by atoms with Crippen LogP contribution in [0.3, 0.4) is 0 Å². The molecular formula is C17H24N4O. The van der Waals surface area contributed by atoms with Crippen LogP contribution in [0.2, 0.25) is 0 Å². The van der Waals surface area contributed by atoms with Crippen molar-refractivity contribution in [2.45, 2.75) is 26.9 Å². The minimum absolute atomic E-state index is 0.842. The van der Waals surface area contributed by atoms with Crippen molar-refractivity contribution >= 4 is 5.69 Å². The predicted octanol–water partition coefficient (Wildman–Crippen LogP) is 2.19. The molecule has 0 unspecified atom stereocenters. The summed E-state index contributed by atoms with van der Waals surface area (Å²) in [6, 6.07) is 8.17. The van der Waals surface area contributed by atoms with Crippen LogP contribution < -0.4 is 5.73 Å². The molecular weight excluding hydrogens is 276 g/mol. The van der Waals surface area contributed by atoms with Crippen LogP contribution >= 0.6 is 0 Å². The summed E-state index contributed by atoms with van der Waals surface area (Å²) < 4.78 is 5.25. The molecule has 3 rings (SSSR count). The summed E-state index contributed by atoms with van der Waals surface area (Å²) in [5.74, 6) is 0.944. The Bertz CT molecular complexity index is 610. The SMILES string of the molecule is Cc1noc(C)c1CN1CCN(Cc2cccc(N)c2)CC1. The van der Waals surface area contributed by atoms with Crippen LogP contribution in [0.25, 0.3) is 0 Å². The number of piperazine rings is 1. The molecule has 0 atom stereocenters. The van der Waals surface area contributed by atoms with Crippen LogP contribution in [0, 0.1) is 13.8 Å². The standard InChI is InChI=1S/C17H24N4O/c1-13-17(14(2)22-19-13)12-21-8-6-20(7-9-21)11-15-4-3-5-16(18)10-15/h3-5,10H,6-9,11-12,18H2,1-2H3. The Morgan fingerprint density at radius 3 is 2.36 bits per heavy atom. The summed E-state index contributed by atoms with van der Waals surface area (Å²) in [4.78, 5) is 4.96. The van der Waals surface area contributed by atoms with Gasteiger partial charge in [0.05, 0.1) is 5.69 Å². The quantitative estimate of drug-likeness (QED) is 0.877. The lowest BCUT2D eigenvalue weighted by Crippen LogP contribution is -2.45. The van der Waals surface area contributed by atoms with E-state index in [0.717, 1.165) is 56.4 Å². The third-order valence-electron chi connectivity index (χ3n) is 4.39. The molecule has 2 heterocycles. The maximum absolute atomic E-state index is 5.85. The summed E-state index contributed by atoms with van der Waals surface area (Å²) in [5, 5.41) is 4.04. The Morgan fingerprint density at radius 1 is 1.09 bits per heavy atom. The first-order chi connectivity index (χ1) is 10.6. The molecule has 1 fully saturated rings. The van der Waals surface area contributed by atoms with E-state index in [4.69, 9.17) is 10.3 Å². The van der Waals surface area contributed by atoms with E-state index < -0.39 is 0 Å². The van der Waals surface area contributed by atoms with Gasteiger partial charge in [-0.1, -0.05) is 17.3 Å². The van der Waals surface area contributed by atoms with Crippen LogP contribution in [0.4, 0.5) is 5.69 Å². The van der Waals surface area contributed by atoms with E-state index in [1.54, 1.807) is 0 Å². The third-order valence-corrected chi connectivity index (χ3v) is 4.39. The topological polar surface area (TPSA) is 58.5 Å². The monoisotopic (exact) mass is 300 g/mol. The van der Waals surface area contributed by atoms with Gasteiger partial charge in [0.15, 0.2) is 0 Å². The maximum Gasteiger partial charge on any atom is 0.138 e. The van der Waals surface area contributed by atoms with Crippen molar-refractivity contribution in [2.24, 2.45) is 0 Å². The number of aromatic nitrogens is 1. The van der Waals surface area contributed by atoms with E-state index >= 15 is 0 Å². The van der Waals surface area contributed by atoms with Gasteiger partial charge in [0.2, 0.25) is 0 Å². The first-order valence-electron chi connectivity index (χ1n) is 7.82. The summed E-state index contributed by atoms with van der Waals surface area (Å²) in [7, 11) is 0. The average Bonchev–Trinajstić information content (AvgIpc) is 2.81. The zero-order valence-corrected chi connectivity index (χ0v) is 13.4. The van der Waals surface area contributed by atoms with Crippen LogP contribution in [0.15, 0.2) is 28.8 Å². The van der Waals surface area contributed by atoms with Crippen molar-refractivity contribution in [3.8, 4) is 0 Å². The normalized spacial score (nSPS) is 17.0. The minimum Gasteiger partial charge on any atom is -0.399 e. The van der Waals surface area contributed by atoms with E-state index in [-0.39, 0.29) is 0 Å². The summed E-state index contributed by atoms with van der Waals surface area (Å²) in [6.07, 6.45) is 0. The maximum atomic E-state index is 5.85. The van der Waals surface area contributed by atoms with Gasteiger partial charge in [-0.2, -0.15) is 0 Å². The summed E-state index contributed by atoms with van der Waals surface area (Å²) >= 11 is 0. The second-order valence-electron chi connectivity index (χ2n) is 6.10. The van der Waals surface area contributed by atoms with Crippen molar-refractivity contribution in [1.29, 1.82) is 0 Å². The Balaban J connectivity index is 1.52. The van der Waals surface area contributed by atoms with Crippen molar-refractivity contribution < 1.29 is 4.52 Å².